The lowest BCUT2D eigenvalue weighted by Gasteiger charge is -2.37. The summed E-state index contributed by atoms with van der Waals surface area (Å²) in [7, 11) is 1.74. The number of methoxy groups -OCH3 is 1. The maximum atomic E-state index is 6.27. The lowest BCUT2D eigenvalue weighted by Crippen LogP contribution is -2.42. The summed E-state index contributed by atoms with van der Waals surface area (Å²) in [6, 6.07) is 2.19. The minimum Gasteiger partial charge on any atom is -0.493 e. The van der Waals surface area contributed by atoms with Crippen LogP contribution in [0.1, 0.15) is 63.6 Å². The first-order valence-corrected chi connectivity index (χ1v) is 9.57. The lowest BCUT2D eigenvalue weighted by atomic mass is 9.83. The Kier molecular flexibility index (Phi) is 4.93. The average Bonchev–Trinajstić information content (AvgIpc) is 2.88. The van der Waals surface area contributed by atoms with Crippen LogP contribution in [-0.4, -0.2) is 42.1 Å². The number of amidine groups is 1. The van der Waals surface area contributed by atoms with Gasteiger partial charge in [-0.1, -0.05) is 0 Å². The molecule has 0 aliphatic carbocycles. The van der Waals surface area contributed by atoms with E-state index < -0.39 is 0 Å². The van der Waals surface area contributed by atoms with Crippen molar-refractivity contribution in [2.75, 3.05) is 20.2 Å². The molecule has 3 aliphatic heterocycles. The fraction of sp³-hybridized carbons (Fsp3) is 0.667. The van der Waals surface area contributed by atoms with E-state index in [1.807, 2.05) is 0 Å². The first-order chi connectivity index (χ1) is 11.8. The monoisotopic (exact) mass is 378 g/mol. The molecule has 26 heavy (non-hydrogen) atoms. The molecule has 0 spiro atoms. The van der Waals surface area contributed by atoms with E-state index in [-0.39, 0.29) is 23.5 Å². The van der Waals surface area contributed by atoms with Crippen LogP contribution >= 0.6 is 12.4 Å². The molecule has 5 heteroatoms. The number of rotatable bonds is 1. The topological polar surface area (TPSA) is 34.1 Å². The number of hydrogen-bond acceptors (Lipinski definition) is 4. The van der Waals surface area contributed by atoms with Crippen LogP contribution in [0.3, 0.4) is 0 Å². The Morgan fingerprint density at radius 1 is 1.08 bits per heavy atom. The molecule has 0 atom stereocenters. The van der Waals surface area contributed by atoms with E-state index in [1.54, 1.807) is 7.11 Å². The van der Waals surface area contributed by atoms with Crippen LogP contribution in [0.4, 0.5) is 0 Å². The van der Waals surface area contributed by atoms with Gasteiger partial charge in [0.15, 0.2) is 11.5 Å². The first kappa shape index (κ1) is 19.3. The van der Waals surface area contributed by atoms with E-state index in [4.69, 9.17) is 14.5 Å². The summed E-state index contributed by atoms with van der Waals surface area (Å²) in [5, 5.41) is 0. The van der Waals surface area contributed by atoms with Crippen molar-refractivity contribution in [2.45, 2.75) is 70.9 Å². The van der Waals surface area contributed by atoms with Gasteiger partial charge in [0.05, 0.1) is 12.6 Å². The zero-order valence-corrected chi connectivity index (χ0v) is 17.5. The van der Waals surface area contributed by atoms with Crippen molar-refractivity contribution >= 4 is 18.2 Å². The number of halogens is 1. The third-order valence-corrected chi connectivity index (χ3v) is 5.54. The second-order valence-electron chi connectivity index (χ2n) is 8.93. The third-order valence-electron chi connectivity index (χ3n) is 5.54. The quantitative estimate of drug-likeness (QED) is 0.726. The van der Waals surface area contributed by atoms with E-state index in [9.17, 15) is 0 Å². The molecule has 0 aromatic heterocycles. The number of likely N-dealkylation sites (tertiary alicyclic amines) is 1. The molecule has 1 aromatic carbocycles. The smallest absolute Gasteiger partial charge is 0.166 e. The van der Waals surface area contributed by atoms with Crippen LogP contribution in [0, 0.1) is 0 Å². The largest absolute Gasteiger partial charge is 0.493 e. The fourth-order valence-corrected chi connectivity index (χ4v) is 4.52. The summed E-state index contributed by atoms with van der Waals surface area (Å²) < 4.78 is 12.0. The molecule has 1 aromatic rings. The summed E-state index contributed by atoms with van der Waals surface area (Å²) >= 11 is 0. The molecular formula is C21H31ClN2O2. The zero-order chi connectivity index (χ0) is 17.8. The van der Waals surface area contributed by atoms with Crippen molar-refractivity contribution in [1.29, 1.82) is 0 Å². The van der Waals surface area contributed by atoms with Gasteiger partial charge in [0, 0.05) is 30.6 Å². The number of aliphatic imine (C=N–C) groups is 1. The molecule has 3 heterocycles. The van der Waals surface area contributed by atoms with Crippen molar-refractivity contribution in [3.05, 3.63) is 22.8 Å². The zero-order valence-electron chi connectivity index (χ0n) is 16.6. The van der Waals surface area contributed by atoms with Crippen molar-refractivity contribution in [2.24, 2.45) is 4.99 Å². The Hall–Kier alpha value is -1.42. The summed E-state index contributed by atoms with van der Waals surface area (Å²) in [5.74, 6) is 2.98. The van der Waals surface area contributed by atoms with Gasteiger partial charge in [-0.15, -0.1) is 12.4 Å². The van der Waals surface area contributed by atoms with Gasteiger partial charge < -0.3 is 14.4 Å². The summed E-state index contributed by atoms with van der Waals surface area (Å²) in [4.78, 5) is 7.71. The molecular weight excluding hydrogens is 348 g/mol. The van der Waals surface area contributed by atoms with Gasteiger partial charge in [0.25, 0.3) is 0 Å². The molecule has 0 unspecified atom stereocenters. The average molecular weight is 379 g/mol. The minimum atomic E-state index is -0.190. The van der Waals surface area contributed by atoms with Crippen LogP contribution in [0.25, 0.3) is 0 Å². The Labute approximate surface area is 163 Å². The SMILES string of the molecule is COc1cc2c(c3c1OC(C)(C)C3)C(N1CCCCC1)=NC(C)(C)C2.Cl. The predicted molar refractivity (Wildman–Crippen MR) is 108 cm³/mol. The summed E-state index contributed by atoms with van der Waals surface area (Å²) in [5.41, 5.74) is 3.71. The Balaban J connectivity index is 0.00000196. The number of nitrogens with zero attached hydrogens (tertiary/aromatic N) is 2. The van der Waals surface area contributed by atoms with Gasteiger partial charge in [-0.05, 0) is 65.0 Å². The second-order valence-corrected chi connectivity index (χ2v) is 8.93. The van der Waals surface area contributed by atoms with Crippen LogP contribution in [-0.2, 0) is 12.8 Å². The normalized spacial score (nSPS) is 22.5. The van der Waals surface area contributed by atoms with E-state index in [0.717, 1.165) is 37.4 Å². The van der Waals surface area contributed by atoms with Gasteiger partial charge >= 0.3 is 0 Å². The number of benzene rings is 1. The summed E-state index contributed by atoms with van der Waals surface area (Å²) in [6.45, 7) is 11.0. The maximum Gasteiger partial charge on any atom is 0.166 e. The van der Waals surface area contributed by atoms with Gasteiger partial charge in [-0.2, -0.15) is 0 Å². The van der Waals surface area contributed by atoms with Gasteiger partial charge in [-0.25, -0.2) is 0 Å². The third kappa shape index (κ3) is 3.28. The molecule has 0 bridgehead atoms. The van der Waals surface area contributed by atoms with E-state index in [2.05, 4.69) is 38.7 Å². The highest BCUT2D eigenvalue weighted by molar-refractivity contribution is 6.04. The molecule has 1 saturated heterocycles. The van der Waals surface area contributed by atoms with Crippen molar-refractivity contribution in [3.63, 3.8) is 0 Å². The maximum absolute atomic E-state index is 6.27. The van der Waals surface area contributed by atoms with Crippen LogP contribution in [0.5, 0.6) is 11.5 Å². The van der Waals surface area contributed by atoms with E-state index in [1.165, 1.54) is 41.8 Å². The molecule has 0 amide bonds. The number of piperidine rings is 1. The van der Waals surface area contributed by atoms with Crippen molar-refractivity contribution < 1.29 is 9.47 Å². The molecule has 4 rings (SSSR count). The number of fused-ring (bicyclic) bond motifs is 3. The number of ether oxygens (including phenoxy) is 2. The highest BCUT2D eigenvalue weighted by Gasteiger charge is 2.40. The molecule has 0 radical (unpaired) electrons. The fourth-order valence-electron chi connectivity index (χ4n) is 4.52. The lowest BCUT2D eigenvalue weighted by molar-refractivity contribution is 0.134. The van der Waals surface area contributed by atoms with Crippen LogP contribution < -0.4 is 9.47 Å². The van der Waals surface area contributed by atoms with Crippen molar-refractivity contribution in [1.82, 2.24) is 4.90 Å². The minimum absolute atomic E-state index is 0. The van der Waals surface area contributed by atoms with E-state index >= 15 is 0 Å². The van der Waals surface area contributed by atoms with Crippen molar-refractivity contribution in [3.8, 4) is 11.5 Å². The molecule has 4 nitrogen and oxygen atoms in total. The van der Waals surface area contributed by atoms with Crippen LogP contribution in [0.15, 0.2) is 11.1 Å². The van der Waals surface area contributed by atoms with E-state index in [0.29, 0.717) is 0 Å². The first-order valence-electron chi connectivity index (χ1n) is 9.57. The van der Waals surface area contributed by atoms with Crippen LogP contribution in [0.2, 0.25) is 0 Å². The number of hydrogen-bond donors (Lipinski definition) is 0. The molecule has 144 valence electrons. The highest BCUT2D eigenvalue weighted by atomic mass is 35.5. The Bertz CT molecular complexity index is 734. The molecule has 0 saturated carbocycles. The molecule has 1 fully saturated rings. The van der Waals surface area contributed by atoms with Gasteiger partial charge in [0.1, 0.15) is 11.4 Å². The summed E-state index contributed by atoms with van der Waals surface area (Å²) in [6.07, 6.45) is 5.71. The standard InChI is InChI=1S/C21H30N2O2.ClH/c1-20(2)12-14-11-16(24-5)18-15(13-21(3,4)25-18)17(14)19(22-20)23-9-7-6-8-10-23;/h11H,6-10,12-13H2,1-5H3;1H. The Morgan fingerprint density at radius 3 is 2.42 bits per heavy atom. The van der Waals surface area contributed by atoms with Gasteiger partial charge in [0.2, 0.25) is 0 Å². The molecule has 0 N–H and O–H groups in total. The highest BCUT2D eigenvalue weighted by Crippen LogP contribution is 2.47. The Morgan fingerprint density at radius 2 is 1.77 bits per heavy atom. The molecule has 3 aliphatic rings. The second kappa shape index (κ2) is 6.63. The van der Waals surface area contributed by atoms with Gasteiger partial charge in [-0.3, -0.25) is 4.99 Å². The predicted octanol–water partition coefficient (Wildman–Crippen LogP) is 4.40.